The van der Waals surface area contributed by atoms with Gasteiger partial charge in [-0.05, 0) is 93.1 Å². The van der Waals surface area contributed by atoms with Gasteiger partial charge in [0.2, 0.25) is 0 Å². The third-order valence-corrected chi connectivity index (χ3v) is 10.4. The van der Waals surface area contributed by atoms with E-state index in [1.807, 2.05) is 57.2 Å². The van der Waals surface area contributed by atoms with E-state index in [1.165, 1.54) is 38.6 Å². The van der Waals surface area contributed by atoms with Crippen molar-refractivity contribution in [3.05, 3.63) is 240 Å². The predicted octanol–water partition coefficient (Wildman–Crippen LogP) is 15.6. The third kappa shape index (κ3) is 11.2. The summed E-state index contributed by atoms with van der Waals surface area (Å²) < 4.78 is 0. The van der Waals surface area contributed by atoms with Crippen molar-refractivity contribution in [2.75, 3.05) is 0 Å². The monoisotopic (exact) mass is 770 g/mol. The second-order valence-electron chi connectivity index (χ2n) is 14.7. The molecule has 7 rings (SSSR count). The van der Waals surface area contributed by atoms with Gasteiger partial charge in [0.25, 0.3) is 0 Å². The van der Waals surface area contributed by atoms with E-state index in [9.17, 15) is 0 Å². The predicted molar refractivity (Wildman–Crippen MR) is 260 cm³/mol. The minimum absolute atomic E-state index is 0.473. The first-order valence-electron chi connectivity index (χ1n) is 20.6. The molecule has 0 heterocycles. The topological polar surface area (TPSA) is 38.4 Å². The summed E-state index contributed by atoms with van der Waals surface area (Å²) in [5, 5.41) is 2.47. The quantitative estimate of drug-likeness (QED) is 0.109. The molecule has 0 amide bonds. The Balaban J connectivity index is 0.000000290. The number of hydrogen-bond donors (Lipinski definition) is 1. The molecular formula is C57H58N2. The summed E-state index contributed by atoms with van der Waals surface area (Å²) in [6.45, 7) is 23.1. The van der Waals surface area contributed by atoms with Crippen LogP contribution >= 0.6 is 0 Å². The lowest BCUT2D eigenvalue weighted by atomic mass is 9.94. The lowest BCUT2D eigenvalue weighted by Crippen LogP contribution is -2.11. The van der Waals surface area contributed by atoms with Crippen molar-refractivity contribution in [2.24, 2.45) is 10.7 Å². The molecule has 0 saturated heterocycles. The van der Waals surface area contributed by atoms with Crippen molar-refractivity contribution < 1.29 is 0 Å². The molecule has 59 heavy (non-hydrogen) atoms. The zero-order valence-electron chi connectivity index (χ0n) is 35.8. The number of rotatable bonds is 10. The van der Waals surface area contributed by atoms with Crippen LogP contribution in [0.3, 0.4) is 0 Å². The van der Waals surface area contributed by atoms with Crippen LogP contribution in [0.25, 0.3) is 44.4 Å². The first-order chi connectivity index (χ1) is 28.6. The van der Waals surface area contributed by atoms with Gasteiger partial charge in [0, 0.05) is 16.8 Å². The van der Waals surface area contributed by atoms with Gasteiger partial charge in [-0.15, -0.1) is 0 Å². The zero-order valence-corrected chi connectivity index (χ0v) is 35.8. The van der Waals surface area contributed by atoms with Crippen LogP contribution in [0.2, 0.25) is 0 Å². The maximum Gasteiger partial charge on any atom is 0.0759 e. The number of hydrogen-bond acceptors (Lipinski definition) is 2. The van der Waals surface area contributed by atoms with Gasteiger partial charge in [0.05, 0.1) is 11.4 Å². The maximum absolute atomic E-state index is 6.80. The summed E-state index contributed by atoms with van der Waals surface area (Å²) in [4.78, 5) is 5.10. The molecule has 0 fully saturated rings. The zero-order chi connectivity index (χ0) is 42.3. The molecule has 0 aromatic heterocycles. The van der Waals surface area contributed by atoms with Crippen molar-refractivity contribution in [1.82, 2.24) is 0 Å². The van der Waals surface area contributed by atoms with Gasteiger partial charge in [-0.2, -0.15) is 0 Å². The van der Waals surface area contributed by atoms with E-state index in [4.69, 9.17) is 10.7 Å². The number of fused-ring (bicyclic) bond motifs is 1. The molecule has 0 atom stereocenters. The van der Waals surface area contributed by atoms with Crippen LogP contribution in [-0.2, 0) is 0 Å². The second kappa shape index (κ2) is 21.1. The maximum atomic E-state index is 6.80. The number of aliphatic imine (C=N–C) groups is 1. The smallest absolute Gasteiger partial charge is 0.0759 e. The Hall–Kier alpha value is -6.77. The summed E-state index contributed by atoms with van der Waals surface area (Å²) in [6, 6.07) is 60.9. The highest BCUT2D eigenvalue weighted by Gasteiger charge is 2.15. The number of nitrogens with zero attached hydrogens (tertiary/aromatic N) is 1. The normalized spacial score (nSPS) is 11.8. The molecule has 0 unspecified atom stereocenters. The number of aryl methyl sites for hydroxylation is 1. The van der Waals surface area contributed by atoms with E-state index in [2.05, 4.69) is 186 Å². The van der Waals surface area contributed by atoms with Gasteiger partial charge in [-0.1, -0.05) is 223 Å². The minimum atomic E-state index is 0.473. The summed E-state index contributed by atoms with van der Waals surface area (Å²) in [5.41, 5.74) is 22.5. The summed E-state index contributed by atoms with van der Waals surface area (Å²) in [5.74, 6) is 0.473. The van der Waals surface area contributed by atoms with E-state index in [0.717, 1.165) is 50.4 Å². The Morgan fingerprint density at radius 3 is 1.75 bits per heavy atom. The molecule has 296 valence electrons. The Bertz CT molecular complexity index is 2560. The molecule has 2 heteroatoms. The Kier molecular flexibility index (Phi) is 15.5. The van der Waals surface area contributed by atoms with Crippen LogP contribution in [0.4, 0.5) is 0 Å². The fourth-order valence-electron chi connectivity index (χ4n) is 6.90. The van der Waals surface area contributed by atoms with Crippen LogP contribution in [0.5, 0.6) is 0 Å². The highest BCUT2D eigenvalue weighted by Crippen LogP contribution is 2.31. The van der Waals surface area contributed by atoms with E-state index >= 15 is 0 Å². The van der Waals surface area contributed by atoms with Gasteiger partial charge < -0.3 is 5.73 Å². The third-order valence-electron chi connectivity index (χ3n) is 10.4. The lowest BCUT2D eigenvalue weighted by Gasteiger charge is -2.15. The molecule has 0 aliphatic heterocycles. The fourth-order valence-corrected chi connectivity index (χ4v) is 6.90. The van der Waals surface area contributed by atoms with E-state index in [1.54, 1.807) is 0 Å². The SMILES string of the molecule is C=C(/C=C(\C)c1ccccc1)c1ccccc1.C=C(N=C(/C(C)=C(\N)c1ccccc1C)c1ccc(-c2cccc3ccccc23)cc1)c1ccc(C(C)C)cc1.CC. The summed E-state index contributed by atoms with van der Waals surface area (Å²) in [6.07, 6.45) is 2.13. The fraction of sp³-hybridized carbons (Fsp3) is 0.140. The molecule has 7 aromatic rings. The lowest BCUT2D eigenvalue weighted by molar-refractivity contribution is 0.866. The van der Waals surface area contributed by atoms with E-state index < -0.39 is 0 Å². The average Bonchev–Trinajstić information content (AvgIpc) is 3.29. The van der Waals surface area contributed by atoms with Crippen molar-refractivity contribution in [3.8, 4) is 11.1 Å². The minimum Gasteiger partial charge on any atom is -0.398 e. The average molecular weight is 771 g/mol. The van der Waals surface area contributed by atoms with Gasteiger partial charge in [-0.25, -0.2) is 4.99 Å². The molecule has 0 saturated carbocycles. The van der Waals surface area contributed by atoms with Crippen LogP contribution in [0.1, 0.15) is 86.4 Å². The molecule has 0 radical (unpaired) electrons. The molecule has 0 aliphatic rings. The molecular weight excluding hydrogens is 713 g/mol. The highest BCUT2D eigenvalue weighted by molar-refractivity contribution is 6.17. The number of allylic oxidation sites excluding steroid dienone is 4. The largest absolute Gasteiger partial charge is 0.398 e. The van der Waals surface area contributed by atoms with Crippen molar-refractivity contribution in [3.63, 3.8) is 0 Å². The van der Waals surface area contributed by atoms with E-state index in [-0.39, 0.29) is 0 Å². The first kappa shape index (κ1) is 43.4. The number of nitrogens with two attached hydrogens (primary N) is 1. The standard InChI is InChI=1S/C38H36N2.C17H16.C2H6/c1-25(2)29-17-19-30(20-18-29)28(5)40-38(27(4)37(39)34-14-8-6-11-26(34)3)33-23-21-32(22-24-33)36-16-10-13-31-12-7-9-15-35(31)36;1-14(16-9-5-3-6-10-16)13-15(2)17-11-7-4-8-12-17;1-2/h6-25H,5,39H2,1-4H3;3-13H,1H2,2H3;1-2H3/b37-27-,40-38?;15-13+;. The van der Waals surface area contributed by atoms with Gasteiger partial charge >= 0.3 is 0 Å². The number of benzene rings is 7. The molecule has 7 aromatic carbocycles. The summed E-state index contributed by atoms with van der Waals surface area (Å²) in [7, 11) is 0. The molecule has 0 bridgehead atoms. The van der Waals surface area contributed by atoms with Crippen molar-refractivity contribution >= 4 is 39.0 Å². The van der Waals surface area contributed by atoms with Crippen LogP contribution in [0, 0.1) is 6.92 Å². The van der Waals surface area contributed by atoms with Crippen LogP contribution in [-0.4, -0.2) is 5.71 Å². The van der Waals surface area contributed by atoms with Crippen molar-refractivity contribution in [1.29, 1.82) is 0 Å². The molecule has 0 aliphatic carbocycles. The van der Waals surface area contributed by atoms with E-state index in [0.29, 0.717) is 11.6 Å². The van der Waals surface area contributed by atoms with Crippen LogP contribution < -0.4 is 5.73 Å². The Morgan fingerprint density at radius 2 is 1.12 bits per heavy atom. The van der Waals surface area contributed by atoms with Gasteiger partial charge in [0.1, 0.15) is 0 Å². The highest BCUT2D eigenvalue weighted by atomic mass is 14.8. The summed E-state index contributed by atoms with van der Waals surface area (Å²) >= 11 is 0. The second-order valence-corrected chi connectivity index (χ2v) is 14.7. The van der Waals surface area contributed by atoms with Gasteiger partial charge in [0.15, 0.2) is 0 Å². The van der Waals surface area contributed by atoms with Gasteiger partial charge in [-0.3, -0.25) is 0 Å². The van der Waals surface area contributed by atoms with Crippen LogP contribution in [0.15, 0.2) is 206 Å². The van der Waals surface area contributed by atoms with Crippen molar-refractivity contribution in [2.45, 2.75) is 54.4 Å². The molecule has 0 spiro atoms. The Labute approximate surface area is 353 Å². The molecule has 2 nitrogen and oxygen atoms in total. The molecule has 2 N–H and O–H groups in total. The first-order valence-corrected chi connectivity index (χ1v) is 20.6. The Morgan fingerprint density at radius 1 is 0.576 bits per heavy atom.